The van der Waals surface area contributed by atoms with Gasteiger partial charge >= 0.3 is 6.18 Å². The van der Waals surface area contributed by atoms with Crippen molar-refractivity contribution < 1.29 is 40.3 Å². The molecule has 4 atom stereocenters. The minimum Gasteiger partial charge on any atom is -0.390 e. The second kappa shape index (κ2) is 9.94. The predicted octanol–water partition coefficient (Wildman–Crippen LogP) is 6.72. The topological polar surface area (TPSA) is 71.4 Å². The molecule has 2 aromatic rings. The number of halogens is 5. The van der Waals surface area contributed by atoms with Gasteiger partial charge in [-0.05, 0) is 106 Å². The van der Waals surface area contributed by atoms with E-state index in [1.54, 1.807) is 13.8 Å². The normalized spacial score (nSPS) is 25.1. The molecule has 4 rings (SSSR count). The van der Waals surface area contributed by atoms with Gasteiger partial charge in [0.15, 0.2) is 9.84 Å². The number of alkyl halides is 4. The number of hydrogen-bond acceptors (Lipinski definition) is 4. The van der Waals surface area contributed by atoms with Crippen LogP contribution in [0.3, 0.4) is 0 Å². The van der Waals surface area contributed by atoms with Crippen molar-refractivity contribution in [3.63, 3.8) is 0 Å². The van der Waals surface area contributed by atoms with Gasteiger partial charge in [0.1, 0.15) is 16.3 Å². The lowest BCUT2D eigenvalue weighted by Gasteiger charge is -2.43. The third-order valence-corrected chi connectivity index (χ3v) is 11.1. The zero-order valence-electron chi connectivity index (χ0n) is 22.1. The van der Waals surface area contributed by atoms with Crippen LogP contribution >= 0.6 is 0 Å². The zero-order valence-corrected chi connectivity index (χ0v) is 22.9. The first-order valence-electron chi connectivity index (χ1n) is 13.0. The number of hydrogen-bond donors (Lipinski definition) is 1. The van der Waals surface area contributed by atoms with Gasteiger partial charge in [-0.2, -0.15) is 13.2 Å². The molecule has 0 aliphatic heterocycles. The molecule has 39 heavy (non-hydrogen) atoms. The third kappa shape index (κ3) is 5.26. The lowest BCUT2D eigenvalue weighted by Crippen LogP contribution is -2.45. The predicted molar refractivity (Wildman–Crippen MR) is 136 cm³/mol. The fourth-order valence-electron chi connectivity index (χ4n) is 6.34. The van der Waals surface area contributed by atoms with E-state index in [4.69, 9.17) is 0 Å². The molecule has 214 valence electrons. The molecule has 0 saturated heterocycles. The van der Waals surface area contributed by atoms with Crippen molar-refractivity contribution in [3.8, 4) is 0 Å². The van der Waals surface area contributed by atoms with E-state index in [9.17, 15) is 40.3 Å². The minimum atomic E-state index is -5.15. The molecule has 4 nitrogen and oxygen atoms in total. The van der Waals surface area contributed by atoms with E-state index in [0.29, 0.717) is 24.5 Å². The highest BCUT2D eigenvalue weighted by atomic mass is 32.2. The first-order chi connectivity index (χ1) is 17.9. The summed E-state index contributed by atoms with van der Waals surface area (Å²) >= 11 is 0. The second-order valence-electron chi connectivity index (χ2n) is 11.7. The molecular weight excluding hydrogens is 539 g/mol. The van der Waals surface area contributed by atoms with E-state index in [0.717, 1.165) is 24.3 Å². The molecule has 2 aliphatic rings. The summed E-state index contributed by atoms with van der Waals surface area (Å²) in [6, 6.07) is 7.82. The van der Waals surface area contributed by atoms with Crippen LogP contribution in [0.15, 0.2) is 47.4 Å². The van der Waals surface area contributed by atoms with Crippen molar-refractivity contribution in [1.29, 1.82) is 0 Å². The van der Waals surface area contributed by atoms with Gasteiger partial charge in [-0.3, -0.25) is 4.79 Å². The van der Waals surface area contributed by atoms with Crippen LogP contribution in [0.5, 0.6) is 0 Å². The Morgan fingerprint density at radius 2 is 1.67 bits per heavy atom. The Balaban J connectivity index is 1.80. The average Bonchev–Trinajstić information content (AvgIpc) is 3.21. The molecule has 0 radical (unpaired) electrons. The fourth-order valence-corrected chi connectivity index (χ4v) is 8.84. The highest BCUT2D eigenvalue weighted by molar-refractivity contribution is 7.92. The van der Waals surface area contributed by atoms with E-state index in [2.05, 4.69) is 0 Å². The maximum atomic E-state index is 14.8. The van der Waals surface area contributed by atoms with Crippen LogP contribution in [0.1, 0.15) is 76.0 Å². The smallest absolute Gasteiger partial charge is 0.390 e. The van der Waals surface area contributed by atoms with Crippen molar-refractivity contribution in [2.75, 3.05) is 0 Å². The number of ketones is 1. The summed E-state index contributed by atoms with van der Waals surface area (Å²) in [5, 5.41) is 9.99. The number of carbonyl (C=O) groups is 1. The van der Waals surface area contributed by atoms with Crippen LogP contribution in [0.4, 0.5) is 22.0 Å². The first-order valence-corrected chi connectivity index (χ1v) is 14.5. The first kappa shape index (κ1) is 29.6. The van der Waals surface area contributed by atoms with Crippen molar-refractivity contribution in [2.45, 2.75) is 92.8 Å². The maximum Gasteiger partial charge on any atom is 0.426 e. The second-order valence-corrected chi connectivity index (χ2v) is 13.9. The Morgan fingerprint density at radius 3 is 2.26 bits per heavy atom. The summed E-state index contributed by atoms with van der Waals surface area (Å²) in [6.45, 7) is 3.64. The Morgan fingerprint density at radius 1 is 1.03 bits per heavy atom. The maximum absolute atomic E-state index is 14.8. The molecule has 2 aliphatic carbocycles. The summed E-state index contributed by atoms with van der Waals surface area (Å²) in [4.78, 5) is 12.7. The largest absolute Gasteiger partial charge is 0.426 e. The van der Waals surface area contributed by atoms with Crippen LogP contribution in [-0.2, 0) is 31.5 Å². The Bertz CT molecular complexity index is 1340. The summed E-state index contributed by atoms with van der Waals surface area (Å²) < 4.78 is 95.9. The van der Waals surface area contributed by atoms with Gasteiger partial charge in [0.25, 0.3) is 0 Å². The lowest BCUT2D eigenvalue weighted by molar-refractivity contribution is -0.228. The number of benzene rings is 2. The van der Waals surface area contributed by atoms with E-state index in [1.807, 2.05) is 0 Å². The molecule has 1 N–H and O–H groups in total. The highest BCUT2D eigenvalue weighted by Gasteiger charge is 2.61. The Labute approximate surface area is 225 Å². The van der Waals surface area contributed by atoms with Gasteiger partial charge in [0.2, 0.25) is 5.67 Å². The third-order valence-electron chi connectivity index (χ3n) is 8.52. The molecule has 1 unspecified atom stereocenters. The SMILES string of the molecule is CC(C)(O)CCC(=O)C[C@@H]1CC[C@@]2(S(=O)(=O)c3ccc(F)cc3)c3ccc(C(C)(F)C(F)(F)F)cc3CC[C@@H]12. The summed E-state index contributed by atoms with van der Waals surface area (Å²) in [5.41, 5.74) is -4.60. The molecule has 2 aromatic carbocycles. The minimum absolute atomic E-state index is 0.100. The van der Waals surface area contributed by atoms with Crippen LogP contribution in [-0.4, -0.2) is 31.1 Å². The molecule has 1 fully saturated rings. The Hall–Kier alpha value is -2.33. The monoisotopic (exact) mass is 572 g/mol. The standard InChI is InChI=1S/C29H33F5O4S/c1-26(2,36)14-13-22(35)17-19-12-15-28(39(37,38)23-8-6-21(30)7-9-23)24(19)10-4-18-16-20(5-11-25(18)28)27(3,31)29(32,33)34/h5-9,11,16,19,24,36H,4,10,12-15,17H2,1-3H3/t19-,24-,27?,28-/m0/s1. The molecular formula is C29H33F5O4S. The molecule has 0 amide bonds. The van der Waals surface area contributed by atoms with Crippen molar-refractivity contribution in [2.24, 2.45) is 11.8 Å². The summed E-state index contributed by atoms with van der Waals surface area (Å²) in [5.74, 6) is -1.54. The molecule has 1 saturated carbocycles. The molecule has 0 heterocycles. The van der Waals surface area contributed by atoms with Gasteiger partial charge < -0.3 is 5.11 Å². The van der Waals surface area contributed by atoms with Gasteiger partial charge in [-0.25, -0.2) is 17.2 Å². The Kier molecular flexibility index (Phi) is 7.56. The number of carbonyl (C=O) groups excluding carboxylic acids is 1. The summed E-state index contributed by atoms with van der Waals surface area (Å²) in [6.07, 6.45) is -3.61. The van der Waals surface area contributed by atoms with E-state index < -0.39 is 49.3 Å². The number of aliphatic hydroxyl groups is 1. The van der Waals surface area contributed by atoms with Gasteiger partial charge in [-0.1, -0.05) is 18.2 Å². The van der Waals surface area contributed by atoms with Gasteiger partial charge in [0, 0.05) is 12.8 Å². The molecule has 0 aromatic heterocycles. The molecule has 10 heteroatoms. The number of sulfone groups is 1. The lowest BCUT2D eigenvalue weighted by atomic mass is 9.71. The fraction of sp³-hybridized carbons (Fsp3) is 0.552. The van der Waals surface area contributed by atoms with Gasteiger partial charge in [0.05, 0.1) is 10.5 Å². The van der Waals surface area contributed by atoms with E-state index in [-0.39, 0.29) is 55.1 Å². The molecule has 0 spiro atoms. The van der Waals surface area contributed by atoms with Crippen molar-refractivity contribution in [1.82, 2.24) is 0 Å². The van der Waals surface area contributed by atoms with Crippen LogP contribution < -0.4 is 0 Å². The van der Waals surface area contributed by atoms with E-state index >= 15 is 0 Å². The zero-order chi connectivity index (χ0) is 29.0. The van der Waals surface area contributed by atoms with Crippen molar-refractivity contribution >= 4 is 15.6 Å². The number of rotatable bonds is 8. The quantitative estimate of drug-likeness (QED) is 0.282. The summed E-state index contributed by atoms with van der Waals surface area (Å²) in [7, 11) is -4.21. The van der Waals surface area contributed by atoms with Gasteiger partial charge in [-0.15, -0.1) is 0 Å². The van der Waals surface area contributed by atoms with Crippen LogP contribution in [0.2, 0.25) is 0 Å². The highest BCUT2D eigenvalue weighted by Crippen LogP contribution is 2.60. The number of Topliss-reactive ketones (excluding diaryl/α,β-unsaturated/α-hetero) is 1. The van der Waals surface area contributed by atoms with Crippen molar-refractivity contribution in [3.05, 3.63) is 65.0 Å². The molecule has 0 bridgehead atoms. The number of aryl methyl sites for hydroxylation is 1. The van der Waals surface area contributed by atoms with Crippen LogP contribution in [0, 0.1) is 17.7 Å². The number of fused-ring (bicyclic) bond motifs is 3. The van der Waals surface area contributed by atoms with Crippen LogP contribution in [0.25, 0.3) is 0 Å². The average molecular weight is 573 g/mol. The van der Waals surface area contributed by atoms with E-state index in [1.165, 1.54) is 18.2 Å².